The van der Waals surface area contributed by atoms with E-state index in [0.717, 1.165) is 28.3 Å². The Hall–Kier alpha value is -3.91. The molecular formula is C32H40N2O6. The normalized spacial score (nSPS) is 12.5. The third-order valence-electron chi connectivity index (χ3n) is 6.34. The first-order chi connectivity index (χ1) is 19.3. The van der Waals surface area contributed by atoms with Crippen molar-refractivity contribution in [3.05, 3.63) is 83.9 Å². The standard InChI is InChI=1S/C32H40N2O6/c1-4-5-17-39-31(37)29(35)21-34(20-23(2)3)32(38)33-28(30(36)40-22-24-11-7-6-8-12-24)19-25-15-16-26-13-9-10-14-27(26)18-25/h6-16,18,23,28-29,35H,4-5,17,19-22H2,1-3H3,(H,33,38)/t28-,29+/m1/s1. The summed E-state index contributed by atoms with van der Waals surface area (Å²) in [5.74, 6) is -1.29. The van der Waals surface area contributed by atoms with Gasteiger partial charge in [-0.1, -0.05) is 100.0 Å². The van der Waals surface area contributed by atoms with Gasteiger partial charge < -0.3 is 24.8 Å². The lowest BCUT2D eigenvalue weighted by atomic mass is 10.0. The maximum atomic E-state index is 13.4. The molecule has 2 amide bonds. The molecule has 8 nitrogen and oxygen atoms in total. The molecule has 8 heteroatoms. The first-order valence-electron chi connectivity index (χ1n) is 13.8. The smallest absolute Gasteiger partial charge is 0.336 e. The number of carbonyl (C=O) groups is 3. The minimum Gasteiger partial charge on any atom is -0.464 e. The number of aliphatic hydroxyl groups excluding tert-OH is 1. The predicted octanol–water partition coefficient (Wildman–Crippen LogP) is 4.87. The first-order valence-corrected chi connectivity index (χ1v) is 13.8. The number of benzene rings is 3. The SMILES string of the molecule is CCCCOC(=O)[C@@H](O)CN(CC(C)C)C(=O)N[C@H](Cc1ccc2ccccc2c1)C(=O)OCc1ccccc1. The lowest BCUT2D eigenvalue weighted by Gasteiger charge is -2.28. The van der Waals surface area contributed by atoms with Gasteiger partial charge >= 0.3 is 18.0 Å². The Morgan fingerprint density at radius 3 is 2.25 bits per heavy atom. The first kappa shape index (κ1) is 30.6. The van der Waals surface area contributed by atoms with Crippen LogP contribution in [0.5, 0.6) is 0 Å². The third kappa shape index (κ3) is 9.68. The summed E-state index contributed by atoms with van der Waals surface area (Å²) < 4.78 is 10.7. The molecule has 3 aromatic rings. The van der Waals surface area contributed by atoms with Crippen molar-refractivity contribution in [1.29, 1.82) is 0 Å². The molecule has 40 heavy (non-hydrogen) atoms. The summed E-state index contributed by atoms with van der Waals surface area (Å²) in [5, 5.41) is 15.3. The number of urea groups is 1. The maximum absolute atomic E-state index is 13.4. The molecule has 0 aliphatic carbocycles. The van der Waals surface area contributed by atoms with Gasteiger partial charge in [0.25, 0.3) is 0 Å². The van der Waals surface area contributed by atoms with Gasteiger partial charge in [0.05, 0.1) is 13.2 Å². The van der Waals surface area contributed by atoms with E-state index in [1.807, 2.05) is 93.6 Å². The van der Waals surface area contributed by atoms with Crippen molar-refractivity contribution >= 4 is 28.7 Å². The van der Waals surface area contributed by atoms with Crippen molar-refractivity contribution in [2.75, 3.05) is 19.7 Å². The molecule has 2 N–H and O–H groups in total. The number of fused-ring (bicyclic) bond motifs is 1. The highest BCUT2D eigenvalue weighted by molar-refractivity contribution is 5.86. The van der Waals surface area contributed by atoms with Gasteiger partial charge in [-0.3, -0.25) is 0 Å². The zero-order valence-electron chi connectivity index (χ0n) is 23.5. The molecule has 0 saturated heterocycles. The van der Waals surface area contributed by atoms with Gasteiger partial charge in [0, 0.05) is 13.0 Å². The molecule has 0 heterocycles. The van der Waals surface area contributed by atoms with E-state index in [4.69, 9.17) is 9.47 Å². The summed E-state index contributed by atoms with van der Waals surface area (Å²) in [6.45, 7) is 6.12. The second-order valence-corrected chi connectivity index (χ2v) is 10.3. The van der Waals surface area contributed by atoms with Crippen LogP contribution in [0.25, 0.3) is 10.8 Å². The number of nitrogens with zero attached hydrogens (tertiary/aromatic N) is 1. The molecule has 3 aromatic carbocycles. The van der Waals surface area contributed by atoms with Crippen LogP contribution < -0.4 is 5.32 Å². The fourth-order valence-electron chi connectivity index (χ4n) is 4.24. The van der Waals surface area contributed by atoms with Crippen LogP contribution in [-0.2, 0) is 32.1 Å². The van der Waals surface area contributed by atoms with E-state index in [-0.39, 0.29) is 38.6 Å². The molecule has 0 spiro atoms. The number of ether oxygens (including phenoxy) is 2. The highest BCUT2D eigenvalue weighted by Crippen LogP contribution is 2.17. The number of hydrogen-bond acceptors (Lipinski definition) is 6. The highest BCUT2D eigenvalue weighted by atomic mass is 16.5. The molecule has 0 aliphatic rings. The predicted molar refractivity (Wildman–Crippen MR) is 154 cm³/mol. The number of unbranched alkanes of at least 4 members (excludes halogenated alkanes) is 1. The fraction of sp³-hybridized carbons (Fsp3) is 0.406. The van der Waals surface area contributed by atoms with Gasteiger partial charge in [0.1, 0.15) is 12.6 Å². The van der Waals surface area contributed by atoms with E-state index in [9.17, 15) is 19.5 Å². The minimum atomic E-state index is -1.50. The number of carbonyl (C=O) groups excluding carboxylic acids is 3. The second-order valence-electron chi connectivity index (χ2n) is 10.3. The molecule has 0 unspecified atom stereocenters. The van der Waals surface area contributed by atoms with E-state index in [2.05, 4.69) is 5.32 Å². The molecule has 3 rings (SSSR count). The maximum Gasteiger partial charge on any atom is 0.336 e. The van der Waals surface area contributed by atoms with Crippen molar-refractivity contribution < 1.29 is 29.0 Å². The number of amides is 2. The molecule has 2 atom stereocenters. The molecule has 0 saturated carbocycles. The summed E-state index contributed by atoms with van der Waals surface area (Å²) in [4.78, 5) is 40.3. The third-order valence-corrected chi connectivity index (χ3v) is 6.34. The summed E-state index contributed by atoms with van der Waals surface area (Å²) >= 11 is 0. The number of rotatable bonds is 14. The van der Waals surface area contributed by atoms with Crippen molar-refractivity contribution in [2.45, 2.75) is 58.8 Å². The van der Waals surface area contributed by atoms with Gasteiger partial charge in [0.2, 0.25) is 0 Å². The van der Waals surface area contributed by atoms with Gasteiger partial charge in [-0.05, 0) is 34.2 Å². The molecule has 0 bridgehead atoms. The van der Waals surface area contributed by atoms with Crippen LogP contribution in [0.2, 0.25) is 0 Å². The van der Waals surface area contributed by atoms with Crippen molar-refractivity contribution in [2.24, 2.45) is 5.92 Å². The topological polar surface area (TPSA) is 105 Å². The van der Waals surface area contributed by atoms with E-state index < -0.39 is 30.1 Å². The molecule has 0 radical (unpaired) electrons. The lowest BCUT2D eigenvalue weighted by Crippen LogP contribution is -2.52. The van der Waals surface area contributed by atoms with Gasteiger partial charge in [0.15, 0.2) is 6.10 Å². The van der Waals surface area contributed by atoms with E-state index in [0.29, 0.717) is 6.42 Å². The Morgan fingerprint density at radius 1 is 0.850 bits per heavy atom. The highest BCUT2D eigenvalue weighted by Gasteiger charge is 2.29. The largest absolute Gasteiger partial charge is 0.464 e. The lowest BCUT2D eigenvalue weighted by molar-refractivity contribution is -0.154. The Morgan fingerprint density at radius 2 is 1.55 bits per heavy atom. The molecule has 0 aliphatic heterocycles. The van der Waals surface area contributed by atoms with Gasteiger partial charge in [-0.2, -0.15) is 0 Å². The van der Waals surface area contributed by atoms with E-state index in [1.54, 1.807) is 0 Å². The summed E-state index contributed by atoms with van der Waals surface area (Å²) in [6, 6.07) is 21.6. The summed E-state index contributed by atoms with van der Waals surface area (Å²) in [5.41, 5.74) is 1.69. The Kier molecular flexibility index (Phi) is 12.0. The van der Waals surface area contributed by atoms with E-state index >= 15 is 0 Å². The van der Waals surface area contributed by atoms with Crippen molar-refractivity contribution in [1.82, 2.24) is 10.2 Å². The van der Waals surface area contributed by atoms with Crippen molar-refractivity contribution in [3.63, 3.8) is 0 Å². The van der Waals surface area contributed by atoms with Crippen molar-refractivity contribution in [3.8, 4) is 0 Å². The van der Waals surface area contributed by atoms with Crippen LogP contribution >= 0.6 is 0 Å². The zero-order valence-corrected chi connectivity index (χ0v) is 23.5. The van der Waals surface area contributed by atoms with Crippen LogP contribution in [0.1, 0.15) is 44.7 Å². The number of esters is 2. The van der Waals surface area contributed by atoms with Gasteiger partial charge in [-0.25, -0.2) is 14.4 Å². The van der Waals surface area contributed by atoms with E-state index in [1.165, 1.54) is 4.90 Å². The summed E-state index contributed by atoms with van der Waals surface area (Å²) in [6.07, 6.45) is 0.257. The van der Waals surface area contributed by atoms with Crippen LogP contribution in [0.4, 0.5) is 4.79 Å². The molecule has 214 valence electrons. The Balaban J connectivity index is 1.76. The van der Waals surface area contributed by atoms with Crippen LogP contribution in [0.3, 0.4) is 0 Å². The zero-order chi connectivity index (χ0) is 28.9. The van der Waals surface area contributed by atoms with Crippen LogP contribution in [0, 0.1) is 5.92 Å². The van der Waals surface area contributed by atoms with Crippen LogP contribution in [0.15, 0.2) is 72.8 Å². The second kappa shape index (κ2) is 15.6. The molecule has 0 aromatic heterocycles. The molecule has 0 fully saturated rings. The summed E-state index contributed by atoms with van der Waals surface area (Å²) in [7, 11) is 0. The monoisotopic (exact) mass is 548 g/mol. The quantitative estimate of drug-likeness (QED) is 0.220. The average molecular weight is 549 g/mol. The Bertz CT molecular complexity index is 1250. The Labute approximate surface area is 236 Å². The van der Waals surface area contributed by atoms with Crippen LogP contribution in [-0.4, -0.2) is 59.8 Å². The number of nitrogens with one attached hydrogen (secondary N) is 1. The fourth-order valence-corrected chi connectivity index (χ4v) is 4.24. The minimum absolute atomic E-state index is 0.0537. The number of aliphatic hydroxyl groups is 1. The molecular weight excluding hydrogens is 508 g/mol. The number of hydrogen-bond donors (Lipinski definition) is 2. The van der Waals surface area contributed by atoms with Gasteiger partial charge in [-0.15, -0.1) is 0 Å². The average Bonchev–Trinajstić information content (AvgIpc) is 2.95.